The zero-order chi connectivity index (χ0) is 11.7. The molecule has 0 spiro atoms. The maximum Gasteiger partial charge on any atom is 0.0270 e. The molecule has 0 aromatic heterocycles. The van der Waals surface area contributed by atoms with Gasteiger partial charge in [-0.05, 0) is 30.3 Å². The predicted molar refractivity (Wildman–Crippen MR) is 64.7 cm³/mol. The van der Waals surface area contributed by atoms with Crippen LogP contribution in [0.1, 0.15) is 34.1 Å². The number of nitrogens with zero attached hydrogens (tertiary/aromatic N) is 4. The molecule has 0 saturated carbocycles. The molecule has 0 rings (SSSR count). The van der Waals surface area contributed by atoms with Crippen molar-refractivity contribution in [1.82, 2.24) is 4.90 Å². The van der Waals surface area contributed by atoms with Crippen molar-refractivity contribution < 1.29 is 0 Å². The Hall–Kier alpha value is -0.730. The van der Waals surface area contributed by atoms with E-state index in [-0.39, 0.29) is 0 Å². The van der Waals surface area contributed by atoms with Gasteiger partial charge >= 0.3 is 0 Å². The Morgan fingerprint density at radius 2 is 1.67 bits per heavy atom. The second-order valence-corrected chi connectivity index (χ2v) is 4.86. The van der Waals surface area contributed by atoms with Crippen LogP contribution >= 0.6 is 0 Å². The molecule has 0 unspecified atom stereocenters. The summed E-state index contributed by atoms with van der Waals surface area (Å²) in [4.78, 5) is 5.22. The highest BCUT2D eigenvalue weighted by Crippen LogP contribution is 2.04. The number of hydrogen-bond acceptors (Lipinski definition) is 2. The fourth-order valence-electron chi connectivity index (χ4n) is 1.70. The van der Waals surface area contributed by atoms with Gasteiger partial charge in [0, 0.05) is 24.5 Å². The largest absolute Gasteiger partial charge is 0.303 e. The summed E-state index contributed by atoms with van der Waals surface area (Å²) in [6, 6.07) is 0. The van der Waals surface area contributed by atoms with Crippen LogP contribution in [-0.2, 0) is 0 Å². The first-order valence-electron chi connectivity index (χ1n) is 5.79. The van der Waals surface area contributed by atoms with Gasteiger partial charge in [0.15, 0.2) is 0 Å². The molecule has 0 atom stereocenters. The van der Waals surface area contributed by atoms with Crippen LogP contribution in [0.5, 0.6) is 0 Å². The smallest absolute Gasteiger partial charge is 0.0270 e. The third kappa shape index (κ3) is 9.57. The number of azide groups is 1. The SMILES string of the molecule is CC(C)CN(CCCN=[N+]=[N-])CC(C)C. The van der Waals surface area contributed by atoms with Crippen LogP contribution in [0.4, 0.5) is 0 Å². The summed E-state index contributed by atoms with van der Waals surface area (Å²) >= 11 is 0. The van der Waals surface area contributed by atoms with Crippen molar-refractivity contribution in [2.75, 3.05) is 26.2 Å². The van der Waals surface area contributed by atoms with Gasteiger partial charge in [-0.3, -0.25) is 0 Å². The average Bonchev–Trinajstić information content (AvgIpc) is 2.10. The molecule has 0 aliphatic heterocycles. The third-order valence-electron chi connectivity index (χ3n) is 2.04. The third-order valence-corrected chi connectivity index (χ3v) is 2.04. The van der Waals surface area contributed by atoms with Gasteiger partial charge in [-0.25, -0.2) is 0 Å². The lowest BCUT2D eigenvalue weighted by atomic mass is 10.1. The van der Waals surface area contributed by atoms with E-state index < -0.39 is 0 Å². The minimum atomic E-state index is 0.614. The first-order chi connectivity index (χ1) is 7.06. The van der Waals surface area contributed by atoms with Gasteiger partial charge in [0.2, 0.25) is 0 Å². The van der Waals surface area contributed by atoms with Crippen LogP contribution in [0.15, 0.2) is 5.11 Å². The topological polar surface area (TPSA) is 52.0 Å². The second kappa shape index (κ2) is 8.57. The van der Waals surface area contributed by atoms with Crippen molar-refractivity contribution in [2.24, 2.45) is 17.0 Å². The molecular formula is C11H24N4. The maximum atomic E-state index is 8.17. The molecule has 0 N–H and O–H groups in total. The zero-order valence-electron chi connectivity index (χ0n) is 10.5. The lowest BCUT2D eigenvalue weighted by Crippen LogP contribution is -2.32. The van der Waals surface area contributed by atoms with Crippen LogP contribution in [0, 0.1) is 11.8 Å². The van der Waals surface area contributed by atoms with Gasteiger partial charge in [-0.15, -0.1) is 0 Å². The fraction of sp³-hybridized carbons (Fsp3) is 1.00. The van der Waals surface area contributed by atoms with Crippen molar-refractivity contribution in [2.45, 2.75) is 34.1 Å². The quantitative estimate of drug-likeness (QED) is 0.263. The van der Waals surface area contributed by atoms with Gasteiger partial charge in [-0.2, -0.15) is 0 Å². The summed E-state index contributed by atoms with van der Waals surface area (Å²) < 4.78 is 0. The van der Waals surface area contributed by atoms with Crippen LogP contribution in [0.3, 0.4) is 0 Å². The van der Waals surface area contributed by atoms with Gasteiger partial charge in [0.25, 0.3) is 0 Å². The summed E-state index contributed by atoms with van der Waals surface area (Å²) in [5.74, 6) is 1.39. The highest BCUT2D eigenvalue weighted by Gasteiger charge is 2.08. The molecular weight excluding hydrogens is 188 g/mol. The van der Waals surface area contributed by atoms with E-state index in [9.17, 15) is 0 Å². The van der Waals surface area contributed by atoms with Crippen LogP contribution in [0.2, 0.25) is 0 Å². The van der Waals surface area contributed by atoms with Crippen LogP contribution in [0.25, 0.3) is 10.4 Å². The van der Waals surface area contributed by atoms with Crippen molar-refractivity contribution in [1.29, 1.82) is 0 Å². The molecule has 0 bridgehead atoms. The summed E-state index contributed by atoms with van der Waals surface area (Å²) in [5.41, 5.74) is 8.17. The van der Waals surface area contributed by atoms with Crippen LogP contribution in [-0.4, -0.2) is 31.1 Å². The Morgan fingerprint density at radius 1 is 1.13 bits per heavy atom. The van der Waals surface area contributed by atoms with Gasteiger partial charge in [-0.1, -0.05) is 32.8 Å². The zero-order valence-corrected chi connectivity index (χ0v) is 10.5. The molecule has 4 nitrogen and oxygen atoms in total. The van der Waals surface area contributed by atoms with E-state index in [1.807, 2.05) is 0 Å². The molecule has 4 heteroatoms. The van der Waals surface area contributed by atoms with E-state index in [1.54, 1.807) is 0 Å². The lowest BCUT2D eigenvalue weighted by Gasteiger charge is -2.25. The normalized spacial score (nSPS) is 11.1. The summed E-state index contributed by atoms with van der Waals surface area (Å²) in [6.45, 7) is 12.9. The minimum absolute atomic E-state index is 0.614. The highest BCUT2D eigenvalue weighted by molar-refractivity contribution is 4.63. The van der Waals surface area contributed by atoms with E-state index in [0.717, 1.165) is 26.1 Å². The van der Waals surface area contributed by atoms with E-state index in [1.165, 1.54) is 0 Å². The van der Waals surface area contributed by atoms with Gasteiger partial charge in [0.1, 0.15) is 0 Å². The van der Waals surface area contributed by atoms with Crippen molar-refractivity contribution >= 4 is 0 Å². The number of rotatable bonds is 8. The van der Waals surface area contributed by atoms with Crippen molar-refractivity contribution in [3.05, 3.63) is 10.4 Å². The highest BCUT2D eigenvalue weighted by atomic mass is 15.1. The molecule has 0 amide bonds. The molecule has 88 valence electrons. The molecule has 0 aromatic carbocycles. The van der Waals surface area contributed by atoms with Gasteiger partial charge < -0.3 is 4.90 Å². The van der Waals surface area contributed by atoms with Crippen LogP contribution < -0.4 is 0 Å². The predicted octanol–water partition coefficient (Wildman–Crippen LogP) is 3.30. The Balaban J connectivity index is 3.83. The minimum Gasteiger partial charge on any atom is -0.303 e. The van der Waals surface area contributed by atoms with Crippen molar-refractivity contribution in [3.8, 4) is 0 Å². The Labute approximate surface area is 93.3 Å². The molecule has 0 radical (unpaired) electrons. The van der Waals surface area contributed by atoms with E-state index in [4.69, 9.17) is 5.53 Å². The summed E-state index contributed by atoms with van der Waals surface area (Å²) in [6.07, 6.45) is 0.962. The van der Waals surface area contributed by atoms with E-state index in [2.05, 4.69) is 42.6 Å². The first-order valence-corrected chi connectivity index (χ1v) is 5.79. The molecule has 0 saturated heterocycles. The Morgan fingerprint density at radius 3 is 2.07 bits per heavy atom. The second-order valence-electron chi connectivity index (χ2n) is 4.86. The summed E-state index contributed by atoms with van der Waals surface area (Å²) in [5, 5.41) is 3.56. The molecule has 0 fully saturated rings. The lowest BCUT2D eigenvalue weighted by molar-refractivity contribution is 0.218. The maximum absolute atomic E-state index is 8.17. The number of hydrogen-bond donors (Lipinski definition) is 0. The first kappa shape index (κ1) is 14.3. The average molecular weight is 212 g/mol. The Bertz CT molecular complexity index is 185. The van der Waals surface area contributed by atoms with E-state index >= 15 is 0 Å². The van der Waals surface area contributed by atoms with Crippen molar-refractivity contribution in [3.63, 3.8) is 0 Å². The summed E-state index contributed by atoms with van der Waals surface area (Å²) in [7, 11) is 0. The standard InChI is InChI=1S/C11H24N4/c1-10(2)8-15(9-11(3)4)7-5-6-13-14-12/h10-11H,5-9H2,1-4H3. The molecule has 15 heavy (non-hydrogen) atoms. The molecule has 0 aliphatic carbocycles. The fourth-order valence-corrected chi connectivity index (χ4v) is 1.70. The van der Waals surface area contributed by atoms with Gasteiger partial charge in [0.05, 0.1) is 0 Å². The molecule has 0 heterocycles. The monoisotopic (exact) mass is 212 g/mol. The molecule has 0 aliphatic rings. The van der Waals surface area contributed by atoms with E-state index in [0.29, 0.717) is 18.4 Å². The Kier molecular flexibility index (Phi) is 8.15. The molecule has 0 aromatic rings.